The average Bonchev–Trinajstić information content (AvgIpc) is 3.34. The number of rotatable bonds is 7. The normalized spacial score (nSPS) is 18.0. The van der Waals surface area contributed by atoms with E-state index in [-0.39, 0.29) is 5.91 Å². The molecular weight excluding hydrogens is 262 g/mol. The summed E-state index contributed by atoms with van der Waals surface area (Å²) in [6.45, 7) is 4.22. The lowest BCUT2D eigenvalue weighted by Crippen LogP contribution is -2.42. The van der Waals surface area contributed by atoms with Crippen LogP contribution in [-0.4, -0.2) is 40.9 Å². The summed E-state index contributed by atoms with van der Waals surface area (Å²) in [7, 11) is 0. The second-order valence-electron chi connectivity index (χ2n) is 6.25. The Morgan fingerprint density at radius 3 is 2.43 bits per heavy atom. The van der Waals surface area contributed by atoms with Gasteiger partial charge in [0.05, 0.1) is 6.54 Å². The molecule has 0 saturated heterocycles. The maximum absolute atomic E-state index is 12.5. The molecule has 0 bridgehead atoms. The molecule has 2 N–H and O–H groups in total. The van der Waals surface area contributed by atoms with Crippen LogP contribution in [0.3, 0.4) is 0 Å². The number of para-hydroxylation sites is 1. The van der Waals surface area contributed by atoms with E-state index in [2.05, 4.69) is 17.9 Å². The van der Waals surface area contributed by atoms with E-state index in [0.29, 0.717) is 18.6 Å². The molecule has 0 atom stereocenters. The molecule has 2 aliphatic rings. The number of carbonyl (C=O) groups is 1. The Kier molecular flexibility index (Phi) is 4.15. The summed E-state index contributed by atoms with van der Waals surface area (Å²) < 4.78 is 0. The van der Waals surface area contributed by atoms with Crippen LogP contribution >= 0.6 is 0 Å². The number of amides is 1. The second kappa shape index (κ2) is 6.06. The van der Waals surface area contributed by atoms with Gasteiger partial charge in [0, 0.05) is 30.9 Å². The number of nitrogens with zero attached hydrogens (tertiary/aromatic N) is 2. The van der Waals surface area contributed by atoms with Crippen LogP contribution in [0.25, 0.3) is 0 Å². The van der Waals surface area contributed by atoms with Gasteiger partial charge < -0.3 is 10.6 Å². The van der Waals surface area contributed by atoms with E-state index in [0.717, 1.165) is 24.3 Å². The van der Waals surface area contributed by atoms with Crippen LogP contribution in [-0.2, 0) is 11.3 Å². The van der Waals surface area contributed by atoms with Gasteiger partial charge >= 0.3 is 0 Å². The van der Waals surface area contributed by atoms with Crippen molar-refractivity contribution in [2.24, 2.45) is 0 Å². The van der Waals surface area contributed by atoms with E-state index in [1.807, 2.05) is 23.1 Å². The van der Waals surface area contributed by atoms with Crippen LogP contribution in [0.1, 0.15) is 38.2 Å². The van der Waals surface area contributed by atoms with E-state index >= 15 is 0 Å². The first-order valence-electron chi connectivity index (χ1n) is 8.06. The number of nitrogens with two attached hydrogens (primary N) is 1. The maximum Gasteiger partial charge on any atom is 0.237 e. The minimum atomic E-state index is 0.279. The molecule has 3 rings (SSSR count). The van der Waals surface area contributed by atoms with E-state index in [9.17, 15) is 4.79 Å². The first-order chi connectivity index (χ1) is 10.2. The molecule has 0 unspecified atom stereocenters. The van der Waals surface area contributed by atoms with Crippen molar-refractivity contribution in [1.29, 1.82) is 0 Å². The summed E-state index contributed by atoms with van der Waals surface area (Å²) >= 11 is 0. The lowest BCUT2D eigenvalue weighted by atomic mass is 10.1. The minimum Gasteiger partial charge on any atom is -0.398 e. The third-order valence-corrected chi connectivity index (χ3v) is 4.48. The van der Waals surface area contributed by atoms with E-state index in [1.165, 1.54) is 25.7 Å². The fourth-order valence-corrected chi connectivity index (χ4v) is 2.94. The number of carbonyl (C=O) groups excluding carboxylic acids is 1. The van der Waals surface area contributed by atoms with E-state index < -0.39 is 0 Å². The van der Waals surface area contributed by atoms with E-state index in [4.69, 9.17) is 5.73 Å². The van der Waals surface area contributed by atoms with Gasteiger partial charge in [0.1, 0.15) is 0 Å². The molecule has 0 heterocycles. The van der Waals surface area contributed by atoms with Crippen molar-refractivity contribution in [2.45, 2.75) is 51.2 Å². The number of nitrogen functional groups attached to an aromatic ring is 1. The molecule has 1 aromatic rings. The molecule has 0 radical (unpaired) electrons. The Hall–Kier alpha value is -1.55. The number of hydrogen-bond donors (Lipinski definition) is 1. The molecule has 2 fully saturated rings. The smallest absolute Gasteiger partial charge is 0.237 e. The van der Waals surface area contributed by atoms with Crippen molar-refractivity contribution in [3.63, 3.8) is 0 Å². The molecule has 114 valence electrons. The number of anilines is 1. The predicted octanol–water partition coefficient (Wildman–Crippen LogP) is 2.24. The van der Waals surface area contributed by atoms with Gasteiger partial charge in [-0.2, -0.15) is 0 Å². The number of benzene rings is 1. The van der Waals surface area contributed by atoms with Gasteiger partial charge in [-0.25, -0.2) is 0 Å². The first kappa shape index (κ1) is 14.4. The Balaban J connectivity index is 1.64. The maximum atomic E-state index is 12.5. The highest BCUT2D eigenvalue weighted by Gasteiger charge is 2.35. The third kappa shape index (κ3) is 3.56. The van der Waals surface area contributed by atoms with Crippen LogP contribution < -0.4 is 5.73 Å². The predicted molar refractivity (Wildman–Crippen MR) is 84.7 cm³/mol. The lowest BCUT2D eigenvalue weighted by Gasteiger charge is -2.27. The molecule has 4 heteroatoms. The molecule has 0 aliphatic heterocycles. The molecular formula is C17H25N3O. The van der Waals surface area contributed by atoms with Crippen LogP contribution in [0.5, 0.6) is 0 Å². The van der Waals surface area contributed by atoms with Gasteiger partial charge in [-0.15, -0.1) is 0 Å². The van der Waals surface area contributed by atoms with Crippen molar-refractivity contribution in [3.05, 3.63) is 29.8 Å². The molecule has 0 spiro atoms. The molecule has 4 nitrogen and oxygen atoms in total. The fourth-order valence-electron chi connectivity index (χ4n) is 2.94. The van der Waals surface area contributed by atoms with E-state index in [1.54, 1.807) is 0 Å². The van der Waals surface area contributed by atoms with Crippen LogP contribution in [0.15, 0.2) is 24.3 Å². The van der Waals surface area contributed by atoms with Crippen LogP contribution in [0, 0.1) is 0 Å². The highest BCUT2D eigenvalue weighted by Crippen LogP contribution is 2.31. The monoisotopic (exact) mass is 287 g/mol. The molecule has 1 aromatic carbocycles. The fraction of sp³-hybridized carbons (Fsp3) is 0.588. The summed E-state index contributed by atoms with van der Waals surface area (Å²) in [6.07, 6.45) is 4.76. The van der Waals surface area contributed by atoms with Crippen molar-refractivity contribution in [1.82, 2.24) is 9.80 Å². The van der Waals surface area contributed by atoms with Crippen molar-refractivity contribution < 1.29 is 4.79 Å². The standard InChI is InChI=1S/C17H25N3O/c1-2-20(15-9-10-15)17(21)12-19(14-7-8-14)11-13-5-3-4-6-16(13)18/h3-6,14-15H,2,7-12,18H2,1H3. The summed E-state index contributed by atoms with van der Waals surface area (Å²) in [5.41, 5.74) is 8.00. The highest BCUT2D eigenvalue weighted by molar-refractivity contribution is 5.79. The topological polar surface area (TPSA) is 49.6 Å². The van der Waals surface area contributed by atoms with Crippen LogP contribution in [0.4, 0.5) is 5.69 Å². The van der Waals surface area contributed by atoms with Crippen molar-refractivity contribution in [3.8, 4) is 0 Å². The molecule has 0 aromatic heterocycles. The quantitative estimate of drug-likeness (QED) is 0.783. The third-order valence-electron chi connectivity index (χ3n) is 4.48. The zero-order valence-corrected chi connectivity index (χ0v) is 12.8. The van der Waals surface area contributed by atoms with Gasteiger partial charge in [0.2, 0.25) is 5.91 Å². The SMILES string of the molecule is CCN(C(=O)CN(Cc1ccccc1N)C1CC1)C1CC1. The van der Waals surface area contributed by atoms with Crippen LogP contribution in [0.2, 0.25) is 0 Å². The van der Waals surface area contributed by atoms with Gasteiger partial charge in [-0.3, -0.25) is 9.69 Å². The zero-order valence-electron chi connectivity index (χ0n) is 12.8. The summed E-state index contributed by atoms with van der Waals surface area (Å²) in [4.78, 5) is 16.9. The zero-order chi connectivity index (χ0) is 14.8. The second-order valence-corrected chi connectivity index (χ2v) is 6.25. The molecule has 2 aliphatic carbocycles. The summed E-state index contributed by atoms with van der Waals surface area (Å²) in [5.74, 6) is 0.279. The molecule has 21 heavy (non-hydrogen) atoms. The largest absolute Gasteiger partial charge is 0.398 e. The minimum absolute atomic E-state index is 0.279. The Bertz CT molecular complexity index is 509. The van der Waals surface area contributed by atoms with Gasteiger partial charge in [0.15, 0.2) is 0 Å². The Morgan fingerprint density at radius 2 is 1.86 bits per heavy atom. The average molecular weight is 287 g/mol. The summed E-state index contributed by atoms with van der Waals surface area (Å²) in [6, 6.07) is 9.04. The molecule has 1 amide bonds. The highest BCUT2D eigenvalue weighted by atomic mass is 16.2. The van der Waals surface area contributed by atoms with Crippen molar-refractivity contribution in [2.75, 3.05) is 18.8 Å². The first-order valence-corrected chi connectivity index (χ1v) is 8.06. The van der Waals surface area contributed by atoms with Gasteiger partial charge in [-0.05, 0) is 44.2 Å². The van der Waals surface area contributed by atoms with Gasteiger partial charge in [-0.1, -0.05) is 18.2 Å². The lowest BCUT2D eigenvalue weighted by molar-refractivity contribution is -0.133. The Labute approximate surface area is 126 Å². The van der Waals surface area contributed by atoms with Crippen molar-refractivity contribution >= 4 is 11.6 Å². The number of likely N-dealkylation sites (N-methyl/N-ethyl adjacent to an activating group) is 1. The summed E-state index contributed by atoms with van der Waals surface area (Å²) in [5, 5.41) is 0. The molecule has 2 saturated carbocycles. The van der Waals surface area contributed by atoms with Gasteiger partial charge in [0.25, 0.3) is 0 Å². The number of hydrogen-bond acceptors (Lipinski definition) is 3. The Morgan fingerprint density at radius 1 is 1.19 bits per heavy atom.